The standard InChI is InChI=1S/C39H34N6/c1-29-14-18-33(19-15-29)43(34-20-16-30(2)17-21-34)35-22-24-36(25-23-35)44(38-26-27-42(40-38)32-10-6-4-7-11-32)39-28-31(3)45(41-39)37-12-8-5-9-13-37/h4-28H,1-3H3. The Kier molecular flexibility index (Phi) is 7.46. The van der Waals surface area contributed by atoms with Crippen molar-refractivity contribution in [3.63, 3.8) is 0 Å². The minimum atomic E-state index is 0.776. The second-order valence-corrected chi connectivity index (χ2v) is 11.2. The van der Waals surface area contributed by atoms with Crippen molar-refractivity contribution in [1.29, 1.82) is 0 Å². The molecule has 6 heteroatoms. The van der Waals surface area contributed by atoms with E-state index in [9.17, 15) is 0 Å². The summed E-state index contributed by atoms with van der Waals surface area (Å²) in [7, 11) is 0. The van der Waals surface area contributed by atoms with Crippen molar-refractivity contribution in [2.45, 2.75) is 20.8 Å². The Morgan fingerprint density at radius 3 is 1.44 bits per heavy atom. The molecule has 0 saturated heterocycles. The van der Waals surface area contributed by atoms with E-state index in [1.165, 1.54) is 11.1 Å². The fourth-order valence-corrected chi connectivity index (χ4v) is 5.52. The van der Waals surface area contributed by atoms with Gasteiger partial charge in [0.2, 0.25) is 0 Å². The third-order valence-corrected chi connectivity index (χ3v) is 7.88. The van der Waals surface area contributed by atoms with Crippen LogP contribution in [0, 0.1) is 20.8 Å². The molecule has 2 aromatic heterocycles. The van der Waals surface area contributed by atoms with Crippen molar-refractivity contribution in [2.75, 3.05) is 9.80 Å². The maximum Gasteiger partial charge on any atom is 0.161 e. The van der Waals surface area contributed by atoms with Crippen LogP contribution in [-0.4, -0.2) is 19.6 Å². The summed E-state index contributed by atoms with van der Waals surface area (Å²) in [6, 6.07) is 50.4. The minimum absolute atomic E-state index is 0.776. The predicted molar refractivity (Wildman–Crippen MR) is 184 cm³/mol. The molecule has 0 spiro atoms. The van der Waals surface area contributed by atoms with E-state index < -0.39 is 0 Å². The molecule has 0 aliphatic rings. The molecule has 0 fully saturated rings. The first-order valence-electron chi connectivity index (χ1n) is 15.1. The van der Waals surface area contributed by atoms with E-state index in [0.717, 1.165) is 51.5 Å². The van der Waals surface area contributed by atoms with Gasteiger partial charge in [0.1, 0.15) is 0 Å². The molecule has 0 N–H and O–H groups in total. The van der Waals surface area contributed by atoms with Crippen LogP contribution < -0.4 is 9.80 Å². The van der Waals surface area contributed by atoms with E-state index >= 15 is 0 Å². The number of benzene rings is 5. The summed E-state index contributed by atoms with van der Waals surface area (Å²) in [6.45, 7) is 6.31. The zero-order valence-corrected chi connectivity index (χ0v) is 25.6. The lowest BCUT2D eigenvalue weighted by atomic mass is 10.1. The van der Waals surface area contributed by atoms with Gasteiger partial charge in [0.15, 0.2) is 11.6 Å². The molecule has 7 aromatic rings. The lowest BCUT2D eigenvalue weighted by molar-refractivity contribution is 0.838. The van der Waals surface area contributed by atoms with Gasteiger partial charge in [-0.25, -0.2) is 9.36 Å². The van der Waals surface area contributed by atoms with Crippen molar-refractivity contribution in [2.24, 2.45) is 0 Å². The molecule has 0 saturated carbocycles. The van der Waals surface area contributed by atoms with Gasteiger partial charge in [-0.05, 0) is 93.6 Å². The van der Waals surface area contributed by atoms with E-state index in [-0.39, 0.29) is 0 Å². The second kappa shape index (κ2) is 12.0. The Hall–Kier alpha value is -5.88. The molecule has 0 bridgehead atoms. The van der Waals surface area contributed by atoms with Crippen LogP contribution in [0.2, 0.25) is 0 Å². The van der Waals surface area contributed by atoms with Gasteiger partial charge >= 0.3 is 0 Å². The zero-order valence-electron chi connectivity index (χ0n) is 25.6. The number of para-hydroxylation sites is 2. The highest BCUT2D eigenvalue weighted by Gasteiger charge is 2.21. The van der Waals surface area contributed by atoms with E-state index in [2.05, 4.69) is 134 Å². The summed E-state index contributed by atoms with van der Waals surface area (Å²) in [6.07, 6.45) is 1.99. The molecule has 0 aliphatic heterocycles. The van der Waals surface area contributed by atoms with Crippen molar-refractivity contribution >= 4 is 34.4 Å². The van der Waals surface area contributed by atoms with Gasteiger partial charge in [-0.15, -0.1) is 10.2 Å². The maximum atomic E-state index is 5.07. The quantitative estimate of drug-likeness (QED) is 0.178. The van der Waals surface area contributed by atoms with Gasteiger partial charge in [-0.2, -0.15) is 0 Å². The smallest absolute Gasteiger partial charge is 0.161 e. The summed E-state index contributed by atoms with van der Waals surface area (Å²) < 4.78 is 3.87. The molecular formula is C39H34N6. The molecule has 0 radical (unpaired) electrons. The number of anilines is 6. The highest BCUT2D eigenvalue weighted by molar-refractivity contribution is 5.79. The maximum absolute atomic E-state index is 5.07. The first-order valence-corrected chi connectivity index (χ1v) is 15.1. The van der Waals surface area contributed by atoms with E-state index in [1.807, 2.05) is 58.0 Å². The molecule has 45 heavy (non-hydrogen) atoms. The van der Waals surface area contributed by atoms with Crippen LogP contribution in [0.25, 0.3) is 11.4 Å². The number of hydrogen-bond donors (Lipinski definition) is 0. The van der Waals surface area contributed by atoms with Gasteiger partial charge in [-0.3, -0.25) is 4.90 Å². The number of nitrogens with zero attached hydrogens (tertiary/aromatic N) is 6. The number of aryl methyl sites for hydroxylation is 3. The van der Waals surface area contributed by atoms with Crippen LogP contribution in [0.3, 0.4) is 0 Å². The molecule has 0 aliphatic carbocycles. The fourth-order valence-electron chi connectivity index (χ4n) is 5.52. The second-order valence-electron chi connectivity index (χ2n) is 11.2. The SMILES string of the molecule is Cc1ccc(N(c2ccc(C)cc2)c2ccc(N(c3ccn(-c4ccccc4)n3)c3cc(C)n(-c4ccccc4)n3)cc2)cc1. The third-order valence-electron chi connectivity index (χ3n) is 7.88. The van der Waals surface area contributed by atoms with Crippen LogP contribution in [0.5, 0.6) is 0 Å². The van der Waals surface area contributed by atoms with Crippen LogP contribution in [0.4, 0.5) is 34.4 Å². The Labute approximate surface area is 264 Å². The topological polar surface area (TPSA) is 42.1 Å². The molecular weight excluding hydrogens is 552 g/mol. The highest BCUT2D eigenvalue weighted by Crippen LogP contribution is 2.38. The van der Waals surface area contributed by atoms with Crippen LogP contribution in [0.1, 0.15) is 16.8 Å². The fraction of sp³-hybridized carbons (Fsp3) is 0.0769. The number of rotatable bonds is 8. The summed E-state index contributed by atoms with van der Waals surface area (Å²) in [5.74, 6) is 1.56. The summed E-state index contributed by atoms with van der Waals surface area (Å²) in [5.41, 5.74) is 9.73. The van der Waals surface area contributed by atoms with Crippen molar-refractivity contribution in [3.05, 3.63) is 169 Å². The van der Waals surface area contributed by atoms with Gasteiger partial charge in [-0.1, -0.05) is 71.8 Å². The Morgan fingerprint density at radius 1 is 0.444 bits per heavy atom. The molecule has 0 atom stereocenters. The zero-order chi connectivity index (χ0) is 30.8. The van der Waals surface area contributed by atoms with Crippen molar-refractivity contribution in [3.8, 4) is 11.4 Å². The van der Waals surface area contributed by atoms with Crippen LogP contribution >= 0.6 is 0 Å². The molecule has 5 aromatic carbocycles. The average Bonchev–Trinajstić information content (AvgIpc) is 3.72. The molecule has 0 amide bonds. The van der Waals surface area contributed by atoms with Gasteiger partial charge in [0.25, 0.3) is 0 Å². The van der Waals surface area contributed by atoms with Gasteiger partial charge in [0.05, 0.1) is 11.4 Å². The Morgan fingerprint density at radius 2 is 0.911 bits per heavy atom. The normalized spacial score (nSPS) is 11.0. The van der Waals surface area contributed by atoms with Crippen LogP contribution in [0.15, 0.2) is 152 Å². The summed E-state index contributed by atoms with van der Waals surface area (Å²) >= 11 is 0. The van der Waals surface area contributed by atoms with Crippen LogP contribution in [-0.2, 0) is 0 Å². The molecule has 220 valence electrons. The van der Waals surface area contributed by atoms with E-state index in [4.69, 9.17) is 10.2 Å². The molecule has 7 rings (SSSR count). The first kappa shape index (κ1) is 27.9. The van der Waals surface area contributed by atoms with E-state index in [1.54, 1.807) is 0 Å². The Bertz CT molecular complexity index is 1960. The Balaban J connectivity index is 1.32. The minimum Gasteiger partial charge on any atom is -0.311 e. The lowest BCUT2D eigenvalue weighted by Crippen LogP contribution is -2.13. The predicted octanol–water partition coefficient (Wildman–Crippen LogP) is 9.92. The van der Waals surface area contributed by atoms with Gasteiger partial charge < -0.3 is 4.90 Å². The number of hydrogen-bond acceptors (Lipinski definition) is 4. The average molecular weight is 587 g/mol. The molecule has 6 nitrogen and oxygen atoms in total. The monoisotopic (exact) mass is 586 g/mol. The van der Waals surface area contributed by atoms with Crippen molar-refractivity contribution in [1.82, 2.24) is 19.6 Å². The molecule has 2 heterocycles. The summed E-state index contributed by atoms with van der Waals surface area (Å²) in [4.78, 5) is 4.39. The summed E-state index contributed by atoms with van der Waals surface area (Å²) in [5, 5.41) is 10.1. The third kappa shape index (κ3) is 5.74. The number of aromatic nitrogens is 4. The largest absolute Gasteiger partial charge is 0.311 e. The van der Waals surface area contributed by atoms with Crippen molar-refractivity contribution < 1.29 is 0 Å². The van der Waals surface area contributed by atoms with Gasteiger partial charge in [0, 0.05) is 46.8 Å². The first-order chi connectivity index (χ1) is 22.0. The lowest BCUT2D eigenvalue weighted by Gasteiger charge is -2.27. The van der Waals surface area contributed by atoms with E-state index in [0.29, 0.717) is 0 Å². The highest BCUT2D eigenvalue weighted by atomic mass is 15.4. The molecule has 0 unspecified atom stereocenters.